The number of likely N-dealkylation sites (N-methyl/N-ethyl adjacent to an activating group) is 1. The summed E-state index contributed by atoms with van der Waals surface area (Å²) < 4.78 is 26.1. The SMILES string of the molecule is CN(C)c1ccc(Cl)cc1NC(=O)CN(C)S(=O)(=O)c1ccc(C#N)cc1. The summed E-state index contributed by atoms with van der Waals surface area (Å²) in [6.07, 6.45) is 0. The van der Waals surface area contributed by atoms with Gasteiger partial charge in [0.15, 0.2) is 0 Å². The third-order valence-corrected chi connectivity index (χ3v) is 5.83. The molecule has 0 bridgehead atoms. The lowest BCUT2D eigenvalue weighted by Gasteiger charge is -2.20. The predicted molar refractivity (Wildman–Crippen MR) is 105 cm³/mol. The highest BCUT2D eigenvalue weighted by Gasteiger charge is 2.23. The monoisotopic (exact) mass is 406 g/mol. The molecule has 0 saturated heterocycles. The van der Waals surface area contributed by atoms with Crippen LogP contribution in [0, 0.1) is 11.3 Å². The minimum Gasteiger partial charge on any atom is -0.376 e. The van der Waals surface area contributed by atoms with E-state index in [1.165, 1.54) is 31.3 Å². The molecule has 0 radical (unpaired) electrons. The van der Waals surface area contributed by atoms with Crippen molar-refractivity contribution in [3.63, 3.8) is 0 Å². The number of benzene rings is 2. The van der Waals surface area contributed by atoms with E-state index in [0.29, 0.717) is 16.3 Å². The van der Waals surface area contributed by atoms with Crippen molar-refractivity contribution in [2.45, 2.75) is 4.90 Å². The number of carbonyl (C=O) groups excluding carboxylic acids is 1. The van der Waals surface area contributed by atoms with Gasteiger partial charge in [-0.15, -0.1) is 0 Å². The van der Waals surface area contributed by atoms with Crippen molar-refractivity contribution in [3.05, 3.63) is 53.1 Å². The molecule has 27 heavy (non-hydrogen) atoms. The second-order valence-corrected chi connectivity index (χ2v) is 8.48. The first kappa shape index (κ1) is 20.7. The quantitative estimate of drug-likeness (QED) is 0.795. The maximum absolute atomic E-state index is 12.6. The summed E-state index contributed by atoms with van der Waals surface area (Å²) in [4.78, 5) is 14.2. The van der Waals surface area contributed by atoms with E-state index in [9.17, 15) is 13.2 Å². The summed E-state index contributed by atoms with van der Waals surface area (Å²) in [6, 6.07) is 12.5. The Morgan fingerprint density at radius 2 is 1.78 bits per heavy atom. The Labute approximate surface area is 163 Å². The highest BCUT2D eigenvalue weighted by molar-refractivity contribution is 7.89. The number of hydrogen-bond acceptors (Lipinski definition) is 5. The third kappa shape index (κ3) is 4.98. The van der Waals surface area contributed by atoms with Crippen LogP contribution in [0.15, 0.2) is 47.4 Å². The van der Waals surface area contributed by atoms with E-state index in [1.54, 1.807) is 18.2 Å². The lowest BCUT2D eigenvalue weighted by atomic mass is 10.2. The Balaban J connectivity index is 2.15. The Kier molecular flexibility index (Phi) is 6.44. The van der Waals surface area contributed by atoms with E-state index in [0.717, 1.165) is 9.99 Å². The van der Waals surface area contributed by atoms with E-state index >= 15 is 0 Å². The van der Waals surface area contributed by atoms with Gasteiger partial charge in [0.05, 0.1) is 34.4 Å². The molecule has 0 aliphatic heterocycles. The average molecular weight is 407 g/mol. The number of amides is 1. The Morgan fingerprint density at radius 1 is 1.15 bits per heavy atom. The summed E-state index contributed by atoms with van der Waals surface area (Å²) in [5.41, 5.74) is 1.58. The molecule has 142 valence electrons. The van der Waals surface area contributed by atoms with E-state index < -0.39 is 15.9 Å². The predicted octanol–water partition coefficient (Wildman–Crippen LogP) is 2.54. The van der Waals surface area contributed by atoms with Gasteiger partial charge >= 0.3 is 0 Å². The standard InChI is InChI=1S/C18H19ClN4O3S/c1-22(2)17-9-6-14(19)10-16(17)21-18(24)12-23(3)27(25,26)15-7-4-13(11-20)5-8-15/h4-10H,12H2,1-3H3,(H,21,24). The van der Waals surface area contributed by atoms with Crippen molar-refractivity contribution in [2.24, 2.45) is 0 Å². The van der Waals surface area contributed by atoms with E-state index in [1.807, 2.05) is 25.1 Å². The molecule has 2 aromatic rings. The van der Waals surface area contributed by atoms with Crippen LogP contribution in [0.4, 0.5) is 11.4 Å². The zero-order chi connectivity index (χ0) is 20.2. The Hall–Kier alpha value is -2.60. The minimum absolute atomic E-state index is 0.00790. The molecule has 0 aliphatic carbocycles. The van der Waals surface area contributed by atoms with Gasteiger partial charge in [-0.3, -0.25) is 4.79 Å². The number of halogens is 1. The van der Waals surface area contributed by atoms with Gasteiger partial charge in [0.25, 0.3) is 0 Å². The fraction of sp³-hybridized carbons (Fsp3) is 0.222. The lowest BCUT2D eigenvalue weighted by molar-refractivity contribution is -0.116. The van der Waals surface area contributed by atoms with Crippen LogP contribution in [-0.2, 0) is 14.8 Å². The van der Waals surface area contributed by atoms with E-state index in [4.69, 9.17) is 16.9 Å². The average Bonchev–Trinajstić information content (AvgIpc) is 2.61. The first-order valence-electron chi connectivity index (χ1n) is 7.88. The molecule has 0 saturated carbocycles. The van der Waals surface area contributed by atoms with Crippen molar-refractivity contribution in [2.75, 3.05) is 37.9 Å². The van der Waals surface area contributed by atoms with Gasteiger partial charge in [0.2, 0.25) is 15.9 Å². The smallest absolute Gasteiger partial charge is 0.243 e. The molecule has 0 aliphatic rings. The van der Waals surface area contributed by atoms with Crippen LogP contribution in [0.2, 0.25) is 5.02 Å². The number of carbonyl (C=O) groups is 1. The van der Waals surface area contributed by atoms with E-state index in [2.05, 4.69) is 5.32 Å². The van der Waals surface area contributed by atoms with Gasteiger partial charge in [-0.25, -0.2) is 8.42 Å². The van der Waals surface area contributed by atoms with Gasteiger partial charge in [-0.1, -0.05) is 11.6 Å². The molecule has 2 aromatic carbocycles. The molecule has 7 nitrogen and oxygen atoms in total. The number of nitrogens with one attached hydrogen (secondary N) is 1. The zero-order valence-electron chi connectivity index (χ0n) is 15.1. The normalized spacial score (nSPS) is 11.1. The van der Waals surface area contributed by atoms with Crippen LogP contribution in [0.5, 0.6) is 0 Å². The molecular weight excluding hydrogens is 388 g/mol. The third-order valence-electron chi connectivity index (χ3n) is 3.77. The van der Waals surface area contributed by atoms with Crippen LogP contribution in [0.1, 0.15) is 5.56 Å². The maximum atomic E-state index is 12.6. The summed E-state index contributed by atoms with van der Waals surface area (Å²) in [6.45, 7) is -0.373. The van der Waals surface area contributed by atoms with Crippen LogP contribution in [-0.4, -0.2) is 46.3 Å². The number of hydrogen-bond donors (Lipinski definition) is 1. The minimum atomic E-state index is -3.86. The molecule has 1 amide bonds. The number of rotatable bonds is 6. The first-order chi connectivity index (χ1) is 12.6. The molecule has 0 unspecified atom stereocenters. The highest BCUT2D eigenvalue weighted by atomic mass is 35.5. The Morgan fingerprint density at radius 3 is 2.33 bits per heavy atom. The van der Waals surface area contributed by atoms with Crippen LogP contribution in [0.25, 0.3) is 0 Å². The van der Waals surface area contributed by atoms with Gasteiger partial charge in [-0.2, -0.15) is 9.57 Å². The van der Waals surface area contributed by atoms with Crippen LogP contribution in [0.3, 0.4) is 0 Å². The summed E-state index contributed by atoms with van der Waals surface area (Å²) in [5.74, 6) is -0.500. The number of nitriles is 1. The second-order valence-electron chi connectivity index (χ2n) is 6.00. The Bertz CT molecular complexity index is 983. The molecule has 0 fully saturated rings. The summed E-state index contributed by atoms with van der Waals surface area (Å²) in [5, 5.41) is 11.9. The van der Waals surface area contributed by atoms with Crippen molar-refractivity contribution >= 4 is 38.9 Å². The maximum Gasteiger partial charge on any atom is 0.243 e. The first-order valence-corrected chi connectivity index (χ1v) is 9.70. The van der Waals surface area contributed by atoms with Crippen LogP contribution >= 0.6 is 11.6 Å². The highest BCUT2D eigenvalue weighted by Crippen LogP contribution is 2.27. The zero-order valence-corrected chi connectivity index (χ0v) is 16.7. The van der Waals surface area contributed by atoms with Gasteiger partial charge in [0, 0.05) is 26.2 Å². The molecule has 9 heteroatoms. The fourth-order valence-electron chi connectivity index (χ4n) is 2.36. The molecule has 1 N–H and O–H groups in total. The molecule has 0 spiro atoms. The fourth-order valence-corrected chi connectivity index (χ4v) is 3.66. The van der Waals surface area contributed by atoms with Gasteiger partial charge < -0.3 is 10.2 Å². The van der Waals surface area contributed by atoms with Crippen molar-refractivity contribution in [1.82, 2.24) is 4.31 Å². The largest absolute Gasteiger partial charge is 0.376 e. The number of sulfonamides is 1. The molecule has 2 rings (SSSR count). The van der Waals surface area contributed by atoms with Crippen molar-refractivity contribution < 1.29 is 13.2 Å². The molecule has 0 heterocycles. The van der Waals surface area contributed by atoms with Crippen LogP contribution < -0.4 is 10.2 Å². The topological polar surface area (TPSA) is 93.5 Å². The van der Waals surface area contributed by atoms with Gasteiger partial charge in [0.1, 0.15) is 0 Å². The van der Waals surface area contributed by atoms with Crippen molar-refractivity contribution in [3.8, 4) is 6.07 Å². The summed E-state index contributed by atoms with van der Waals surface area (Å²) >= 11 is 5.99. The van der Waals surface area contributed by atoms with E-state index in [-0.39, 0.29) is 11.4 Å². The number of nitrogens with zero attached hydrogens (tertiary/aromatic N) is 3. The van der Waals surface area contributed by atoms with Gasteiger partial charge in [-0.05, 0) is 42.5 Å². The molecular formula is C18H19ClN4O3S. The summed E-state index contributed by atoms with van der Waals surface area (Å²) in [7, 11) is 1.10. The second kappa shape index (κ2) is 8.39. The number of anilines is 2. The lowest BCUT2D eigenvalue weighted by Crippen LogP contribution is -2.35. The molecule has 0 atom stereocenters. The van der Waals surface area contributed by atoms with Crippen molar-refractivity contribution in [1.29, 1.82) is 5.26 Å². The molecule has 0 aromatic heterocycles.